The Bertz CT molecular complexity index is 413. The van der Waals surface area contributed by atoms with Crippen molar-refractivity contribution in [3.8, 4) is 0 Å². The lowest BCUT2D eigenvalue weighted by molar-refractivity contribution is -0.146. The van der Waals surface area contributed by atoms with Gasteiger partial charge in [-0.2, -0.15) is 0 Å². The molecule has 132 valence electrons. The number of ether oxygens (including phenoxy) is 1. The van der Waals surface area contributed by atoms with Crippen molar-refractivity contribution in [2.75, 3.05) is 18.1 Å². The summed E-state index contributed by atoms with van der Waals surface area (Å²) in [5.74, 6) is -1.05. The van der Waals surface area contributed by atoms with Gasteiger partial charge in [0.1, 0.15) is 12.1 Å². The molecule has 3 N–H and O–H groups in total. The first-order valence-corrected chi connectivity index (χ1v) is 9.12. The summed E-state index contributed by atoms with van der Waals surface area (Å²) in [7, 11) is 0. The van der Waals surface area contributed by atoms with Crippen LogP contribution in [0, 0.1) is 0 Å². The molecule has 0 heterocycles. The third-order valence-corrected chi connectivity index (χ3v) is 4.67. The quantitative estimate of drug-likeness (QED) is 0.502. The van der Waals surface area contributed by atoms with Gasteiger partial charge in [-0.3, -0.25) is 19.7 Å². The van der Waals surface area contributed by atoms with Crippen molar-refractivity contribution in [1.29, 1.82) is 0 Å². The molecular weight excluding hydrogens is 320 g/mol. The highest BCUT2D eigenvalue weighted by Crippen LogP contribution is 2.17. The maximum absolute atomic E-state index is 11.9. The SMILES string of the molecule is CCOC(=O)[C@H](CSCC(=O)NC1CCCC1)N[C@@H](C)C(=O)O. The second-order valence-electron chi connectivity index (χ2n) is 5.60. The van der Waals surface area contributed by atoms with Gasteiger partial charge >= 0.3 is 11.9 Å². The Kier molecular flexibility index (Phi) is 9.01. The van der Waals surface area contributed by atoms with E-state index in [4.69, 9.17) is 9.84 Å². The molecule has 1 rings (SSSR count). The van der Waals surface area contributed by atoms with Gasteiger partial charge in [0, 0.05) is 11.8 Å². The zero-order valence-corrected chi connectivity index (χ0v) is 14.5. The number of amides is 1. The fourth-order valence-electron chi connectivity index (χ4n) is 2.41. The molecule has 1 aliphatic carbocycles. The molecule has 0 spiro atoms. The lowest BCUT2D eigenvalue weighted by Gasteiger charge is -2.19. The predicted molar refractivity (Wildman–Crippen MR) is 88.4 cm³/mol. The number of thioether (sulfide) groups is 1. The lowest BCUT2D eigenvalue weighted by Crippen LogP contribution is -2.48. The van der Waals surface area contributed by atoms with E-state index in [-0.39, 0.29) is 30.1 Å². The number of hydrogen-bond acceptors (Lipinski definition) is 6. The Morgan fingerprint density at radius 3 is 2.52 bits per heavy atom. The Labute approximate surface area is 140 Å². The molecule has 0 aliphatic heterocycles. The van der Waals surface area contributed by atoms with E-state index < -0.39 is 24.0 Å². The third-order valence-electron chi connectivity index (χ3n) is 3.63. The van der Waals surface area contributed by atoms with Gasteiger partial charge in [0.15, 0.2) is 0 Å². The smallest absolute Gasteiger partial charge is 0.324 e. The molecule has 0 bridgehead atoms. The molecular formula is C15H26N2O5S. The van der Waals surface area contributed by atoms with Crippen molar-refractivity contribution >= 4 is 29.6 Å². The largest absolute Gasteiger partial charge is 0.480 e. The van der Waals surface area contributed by atoms with Crippen LogP contribution in [-0.4, -0.2) is 59.2 Å². The fraction of sp³-hybridized carbons (Fsp3) is 0.800. The fourth-order valence-corrected chi connectivity index (χ4v) is 3.26. The Morgan fingerprint density at radius 1 is 1.30 bits per heavy atom. The molecule has 2 atom stereocenters. The average Bonchev–Trinajstić information content (AvgIpc) is 2.98. The predicted octanol–water partition coefficient (Wildman–Crippen LogP) is 0.773. The molecule has 0 aromatic rings. The Balaban J connectivity index is 2.38. The van der Waals surface area contributed by atoms with Gasteiger partial charge in [0.05, 0.1) is 12.4 Å². The summed E-state index contributed by atoms with van der Waals surface area (Å²) in [6, 6.07) is -1.34. The van der Waals surface area contributed by atoms with Crippen molar-refractivity contribution in [1.82, 2.24) is 10.6 Å². The van der Waals surface area contributed by atoms with Crippen LogP contribution in [-0.2, 0) is 19.1 Å². The number of carbonyl (C=O) groups excluding carboxylic acids is 2. The molecule has 1 amide bonds. The molecule has 0 aromatic heterocycles. The number of carboxylic acid groups (broad SMARTS) is 1. The van der Waals surface area contributed by atoms with Gasteiger partial charge in [-0.25, -0.2) is 0 Å². The van der Waals surface area contributed by atoms with Crippen molar-refractivity contribution in [3.05, 3.63) is 0 Å². The van der Waals surface area contributed by atoms with Crippen LogP contribution in [0.5, 0.6) is 0 Å². The van der Waals surface area contributed by atoms with Crippen molar-refractivity contribution < 1.29 is 24.2 Å². The summed E-state index contributed by atoms with van der Waals surface area (Å²) in [5.41, 5.74) is 0. The zero-order valence-electron chi connectivity index (χ0n) is 13.7. The van der Waals surface area contributed by atoms with Crippen LogP contribution in [0.15, 0.2) is 0 Å². The van der Waals surface area contributed by atoms with Crippen molar-refractivity contribution in [2.45, 2.75) is 57.7 Å². The molecule has 7 nitrogen and oxygen atoms in total. The molecule has 0 aromatic carbocycles. The summed E-state index contributed by atoms with van der Waals surface area (Å²) < 4.78 is 4.94. The molecule has 1 aliphatic rings. The Morgan fingerprint density at radius 2 is 1.96 bits per heavy atom. The molecule has 1 fully saturated rings. The summed E-state index contributed by atoms with van der Waals surface area (Å²) >= 11 is 1.29. The molecule has 1 saturated carbocycles. The van der Waals surface area contributed by atoms with Crippen LogP contribution in [0.25, 0.3) is 0 Å². The van der Waals surface area contributed by atoms with E-state index in [0.717, 1.165) is 25.7 Å². The van der Waals surface area contributed by atoms with Gasteiger partial charge in [-0.05, 0) is 26.7 Å². The molecule has 0 saturated heterocycles. The summed E-state index contributed by atoms with van der Waals surface area (Å²) in [6.07, 6.45) is 4.36. The number of carbonyl (C=O) groups is 3. The average molecular weight is 346 g/mol. The summed E-state index contributed by atoms with van der Waals surface area (Å²) in [5, 5.41) is 14.6. The van der Waals surface area contributed by atoms with E-state index in [1.807, 2.05) is 0 Å². The molecule has 8 heteroatoms. The first kappa shape index (κ1) is 19.8. The van der Waals surface area contributed by atoms with Gasteiger partial charge in [0.2, 0.25) is 5.91 Å². The van der Waals surface area contributed by atoms with Crippen molar-refractivity contribution in [2.24, 2.45) is 0 Å². The highest BCUT2D eigenvalue weighted by molar-refractivity contribution is 8.00. The first-order chi connectivity index (χ1) is 10.9. The number of carboxylic acids is 1. The van der Waals surface area contributed by atoms with Crippen LogP contribution >= 0.6 is 11.8 Å². The standard InChI is InChI=1S/C15H26N2O5S/c1-3-22-15(21)12(16-10(2)14(19)20)8-23-9-13(18)17-11-6-4-5-7-11/h10-12,16H,3-9H2,1-2H3,(H,17,18)(H,19,20)/t10-,12-/m0/s1. The van der Waals surface area contributed by atoms with Gasteiger partial charge in [-0.1, -0.05) is 12.8 Å². The van der Waals surface area contributed by atoms with Crippen molar-refractivity contribution in [3.63, 3.8) is 0 Å². The van der Waals surface area contributed by atoms with E-state index in [0.29, 0.717) is 0 Å². The minimum absolute atomic E-state index is 0.0456. The number of esters is 1. The molecule has 0 radical (unpaired) electrons. The number of hydrogen-bond donors (Lipinski definition) is 3. The second-order valence-corrected chi connectivity index (χ2v) is 6.63. The normalized spacial score (nSPS) is 17.5. The third kappa shape index (κ3) is 7.69. The molecule has 23 heavy (non-hydrogen) atoms. The lowest BCUT2D eigenvalue weighted by atomic mass is 10.2. The second kappa shape index (κ2) is 10.5. The van der Waals surface area contributed by atoms with E-state index in [1.165, 1.54) is 18.7 Å². The number of nitrogens with one attached hydrogen (secondary N) is 2. The minimum Gasteiger partial charge on any atom is -0.480 e. The van der Waals surface area contributed by atoms with Gasteiger partial charge in [-0.15, -0.1) is 11.8 Å². The van der Waals surface area contributed by atoms with Crippen LogP contribution in [0.2, 0.25) is 0 Å². The highest BCUT2D eigenvalue weighted by Gasteiger charge is 2.25. The molecule has 0 unspecified atom stereocenters. The number of rotatable bonds is 10. The van der Waals surface area contributed by atoms with Crippen LogP contribution in [0.3, 0.4) is 0 Å². The zero-order chi connectivity index (χ0) is 17.2. The van der Waals surface area contributed by atoms with Crippen LogP contribution < -0.4 is 10.6 Å². The van der Waals surface area contributed by atoms with E-state index in [9.17, 15) is 14.4 Å². The van der Waals surface area contributed by atoms with E-state index >= 15 is 0 Å². The van der Waals surface area contributed by atoms with Crippen LogP contribution in [0.4, 0.5) is 0 Å². The highest BCUT2D eigenvalue weighted by atomic mass is 32.2. The van der Waals surface area contributed by atoms with Gasteiger partial charge in [0.25, 0.3) is 0 Å². The first-order valence-electron chi connectivity index (χ1n) is 7.96. The maximum atomic E-state index is 11.9. The van der Waals surface area contributed by atoms with E-state index in [2.05, 4.69) is 10.6 Å². The monoisotopic (exact) mass is 346 g/mol. The van der Waals surface area contributed by atoms with Gasteiger partial charge < -0.3 is 15.2 Å². The topological polar surface area (TPSA) is 105 Å². The van der Waals surface area contributed by atoms with Crippen LogP contribution in [0.1, 0.15) is 39.5 Å². The number of aliphatic carboxylic acids is 1. The summed E-state index contributed by atoms with van der Waals surface area (Å²) in [4.78, 5) is 34.6. The minimum atomic E-state index is -1.04. The van der Waals surface area contributed by atoms with E-state index in [1.54, 1.807) is 6.92 Å². The maximum Gasteiger partial charge on any atom is 0.324 e. The Hall–Kier alpha value is -1.28. The summed E-state index contributed by atoms with van der Waals surface area (Å²) in [6.45, 7) is 3.38.